The van der Waals surface area contributed by atoms with E-state index >= 15 is 0 Å². The molecule has 0 spiro atoms. The van der Waals surface area contributed by atoms with E-state index in [1.807, 2.05) is 39.9 Å². The Kier molecular flexibility index (Phi) is 6.25. The number of hydrogen-bond donors (Lipinski definition) is 2. The number of aromatic nitrogens is 2. The van der Waals surface area contributed by atoms with Gasteiger partial charge in [-0.25, -0.2) is 0 Å². The highest BCUT2D eigenvalue weighted by Gasteiger charge is 2.22. The lowest BCUT2D eigenvalue weighted by molar-refractivity contribution is -0.132. The van der Waals surface area contributed by atoms with Gasteiger partial charge in [0.2, 0.25) is 5.91 Å². The summed E-state index contributed by atoms with van der Waals surface area (Å²) in [5.74, 6) is 0.911. The number of aliphatic hydroxyl groups is 2. The number of rotatable bonds is 7. The number of aliphatic hydroxyl groups excluding tert-OH is 2. The zero-order valence-corrected chi connectivity index (χ0v) is 14.8. The number of amides is 1. The molecule has 1 aliphatic heterocycles. The van der Waals surface area contributed by atoms with Crippen molar-refractivity contribution in [3.8, 4) is 5.75 Å². The van der Waals surface area contributed by atoms with E-state index in [-0.39, 0.29) is 12.5 Å². The Balaban J connectivity index is 1.50. The van der Waals surface area contributed by atoms with Crippen LogP contribution in [-0.4, -0.2) is 50.6 Å². The highest BCUT2D eigenvalue weighted by molar-refractivity contribution is 5.76. The van der Waals surface area contributed by atoms with Gasteiger partial charge in [0.25, 0.3) is 0 Å². The number of nitrogens with zero attached hydrogens (tertiary/aromatic N) is 3. The summed E-state index contributed by atoms with van der Waals surface area (Å²) in [5, 5.41) is 23.1. The number of hydrogen-bond acceptors (Lipinski definition) is 5. The molecule has 0 radical (unpaired) electrons. The lowest BCUT2D eigenvalue weighted by Crippen LogP contribution is -2.30. The topological polar surface area (TPSA) is 87.8 Å². The van der Waals surface area contributed by atoms with Crippen LogP contribution in [0.3, 0.4) is 0 Å². The van der Waals surface area contributed by atoms with E-state index in [4.69, 9.17) is 9.84 Å². The minimum Gasteiger partial charge on any atom is -0.494 e. The molecule has 2 aromatic rings. The zero-order chi connectivity index (χ0) is 18.4. The van der Waals surface area contributed by atoms with Crippen molar-refractivity contribution in [2.75, 3.05) is 19.8 Å². The van der Waals surface area contributed by atoms with Crippen LogP contribution in [0.2, 0.25) is 0 Å². The molecule has 1 aromatic carbocycles. The van der Waals surface area contributed by atoms with Crippen LogP contribution < -0.4 is 4.74 Å². The van der Waals surface area contributed by atoms with Crippen molar-refractivity contribution >= 4 is 5.91 Å². The molecule has 0 aliphatic carbocycles. The van der Waals surface area contributed by atoms with Crippen molar-refractivity contribution < 1.29 is 19.7 Å². The Bertz CT molecular complexity index is 717. The molecule has 7 heteroatoms. The summed E-state index contributed by atoms with van der Waals surface area (Å²) < 4.78 is 7.45. The first-order chi connectivity index (χ1) is 12.7. The first-order valence-electron chi connectivity index (χ1n) is 8.98. The summed E-state index contributed by atoms with van der Waals surface area (Å²) in [6, 6.07) is 11.3. The van der Waals surface area contributed by atoms with Gasteiger partial charge in [0.1, 0.15) is 11.9 Å². The molecule has 1 amide bonds. The van der Waals surface area contributed by atoms with Crippen LogP contribution in [0.25, 0.3) is 0 Å². The Morgan fingerprint density at radius 3 is 2.85 bits per heavy atom. The molecule has 1 aromatic heterocycles. The highest BCUT2D eigenvalue weighted by Crippen LogP contribution is 2.19. The summed E-state index contributed by atoms with van der Waals surface area (Å²) >= 11 is 0. The van der Waals surface area contributed by atoms with E-state index in [0.29, 0.717) is 44.8 Å². The van der Waals surface area contributed by atoms with Crippen molar-refractivity contribution in [2.24, 2.45) is 0 Å². The van der Waals surface area contributed by atoms with Gasteiger partial charge in [-0.05, 0) is 31.0 Å². The maximum atomic E-state index is 12.5. The van der Waals surface area contributed by atoms with Crippen LogP contribution in [0, 0.1) is 0 Å². The quantitative estimate of drug-likeness (QED) is 0.732. The van der Waals surface area contributed by atoms with Crippen LogP contribution >= 0.6 is 0 Å². The SMILES string of the molecule is O=C(CCCOc1ccccc1)N1CCCn2nc([C@@H](O)CO)cc2C1. The lowest BCUT2D eigenvalue weighted by Gasteiger charge is -2.20. The highest BCUT2D eigenvalue weighted by atomic mass is 16.5. The number of aryl methyl sites for hydroxylation is 1. The van der Waals surface area contributed by atoms with E-state index in [2.05, 4.69) is 5.10 Å². The molecular formula is C19H25N3O4. The average molecular weight is 359 g/mol. The Labute approximate surface area is 152 Å². The first-order valence-corrected chi connectivity index (χ1v) is 8.98. The minimum atomic E-state index is -0.978. The fourth-order valence-electron chi connectivity index (χ4n) is 3.04. The van der Waals surface area contributed by atoms with Crippen molar-refractivity contribution in [1.82, 2.24) is 14.7 Å². The third-order valence-electron chi connectivity index (χ3n) is 4.45. The molecule has 0 bridgehead atoms. The third-order valence-corrected chi connectivity index (χ3v) is 4.45. The fraction of sp³-hybridized carbons (Fsp3) is 0.474. The Hall–Kier alpha value is -2.38. The van der Waals surface area contributed by atoms with Gasteiger partial charge in [-0.15, -0.1) is 0 Å². The van der Waals surface area contributed by atoms with Crippen LogP contribution in [0.5, 0.6) is 5.75 Å². The largest absolute Gasteiger partial charge is 0.494 e. The predicted octanol–water partition coefficient (Wildman–Crippen LogP) is 1.50. The lowest BCUT2D eigenvalue weighted by atomic mass is 10.2. The van der Waals surface area contributed by atoms with Gasteiger partial charge in [0.05, 0.1) is 31.1 Å². The van der Waals surface area contributed by atoms with Crippen LogP contribution in [0.1, 0.15) is 36.8 Å². The molecule has 2 N–H and O–H groups in total. The normalized spacial score (nSPS) is 15.2. The summed E-state index contributed by atoms with van der Waals surface area (Å²) in [5.41, 5.74) is 1.34. The van der Waals surface area contributed by atoms with Crippen LogP contribution in [-0.2, 0) is 17.9 Å². The number of fused-ring (bicyclic) bond motifs is 1. The third kappa shape index (κ3) is 4.62. The maximum absolute atomic E-state index is 12.5. The molecule has 0 unspecified atom stereocenters. The van der Waals surface area contributed by atoms with Crippen molar-refractivity contribution in [3.63, 3.8) is 0 Å². The molecule has 0 saturated carbocycles. The standard InChI is InChI=1S/C19H25N3O4/c23-14-18(24)17-12-15-13-21(9-5-10-22(15)20-17)19(25)8-4-11-26-16-6-2-1-3-7-16/h1-3,6-7,12,18,23-24H,4-5,8-11,13-14H2/t18-/m0/s1. The van der Waals surface area contributed by atoms with Gasteiger partial charge in [-0.1, -0.05) is 18.2 Å². The molecular weight excluding hydrogens is 334 g/mol. The molecule has 1 atom stereocenters. The van der Waals surface area contributed by atoms with E-state index in [1.54, 1.807) is 6.07 Å². The van der Waals surface area contributed by atoms with Gasteiger partial charge < -0.3 is 19.8 Å². The van der Waals surface area contributed by atoms with Gasteiger partial charge in [-0.3, -0.25) is 9.48 Å². The number of carbonyl (C=O) groups excluding carboxylic acids is 1. The van der Waals surface area contributed by atoms with Gasteiger partial charge in [0.15, 0.2) is 0 Å². The molecule has 3 rings (SSSR count). The van der Waals surface area contributed by atoms with E-state index in [9.17, 15) is 9.90 Å². The molecule has 2 heterocycles. The second kappa shape index (κ2) is 8.82. The van der Waals surface area contributed by atoms with Crippen LogP contribution in [0.15, 0.2) is 36.4 Å². The maximum Gasteiger partial charge on any atom is 0.223 e. The number of benzene rings is 1. The number of carbonyl (C=O) groups is 1. The molecule has 7 nitrogen and oxygen atoms in total. The monoisotopic (exact) mass is 359 g/mol. The second-order valence-electron chi connectivity index (χ2n) is 6.42. The van der Waals surface area contributed by atoms with Crippen LogP contribution in [0.4, 0.5) is 0 Å². The van der Waals surface area contributed by atoms with Gasteiger partial charge in [-0.2, -0.15) is 5.10 Å². The van der Waals surface area contributed by atoms with Gasteiger partial charge in [0, 0.05) is 19.5 Å². The van der Waals surface area contributed by atoms with Crippen molar-refractivity contribution in [2.45, 2.75) is 38.5 Å². The summed E-state index contributed by atoms with van der Waals surface area (Å²) in [6.07, 6.45) is 0.939. The summed E-state index contributed by atoms with van der Waals surface area (Å²) in [4.78, 5) is 14.4. The van der Waals surface area contributed by atoms with Gasteiger partial charge >= 0.3 is 0 Å². The first kappa shape index (κ1) is 18.4. The zero-order valence-electron chi connectivity index (χ0n) is 14.8. The number of para-hydroxylation sites is 1. The van der Waals surface area contributed by atoms with Crippen molar-refractivity contribution in [3.05, 3.63) is 47.8 Å². The molecule has 0 saturated heterocycles. The molecule has 140 valence electrons. The van der Waals surface area contributed by atoms with E-state index in [1.165, 1.54) is 0 Å². The molecule has 0 fully saturated rings. The van der Waals surface area contributed by atoms with E-state index < -0.39 is 6.10 Å². The molecule has 26 heavy (non-hydrogen) atoms. The predicted molar refractivity (Wildman–Crippen MR) is 95.5 cm³/mol. The minimum absolute atomic E-state index is 0.0977. The van der Waals surface area contributed by atoms with Crippen molar-refractivity contribution in [1.29, 1.82) is 0 Å². The van der Waals surface area contributed by atoms with E-state index in [0.717, 1.165) is 17.9 Å². The molecule has 1 aliphatic rings. The number of ether oxygens (including phenoxy) is 1. The Morgan fingerprint density at radius 2 is 2.08 bits per heavy atom. The summed E-state index contributed by atoms with van der Waals surface area (Å²) in [6.45, 7) is 2.02. The fourth-order valence-corrected chi connectivity index (χ4v) is 3.04. The Morgan fingerprint density at radius 1 is 1.27 bits per heavy atom. The average Bonchev–Trinajstić information content (AvgIpc) is 2.96. The smallest absolute Gasteiger partial charge is 0.223 e. The second-order valence-corrected chi connectivity index (χ2v) is 6.42. The summed E-state index contributed by atoms with van der Waals surface area (Å²) in [7, 11) is 0.